The van der Waals surface area contributed by atoms with Gasteiger partial charge in [-0.1, -0.05) is 236 Å². The third-order valence-corrected chi connectivity index (χ3v) is 26.7. The molecule has 9 aromatic carbocycles. The first-order valence-electron chi connectivity index (χ1n) is 46.9. The molecule has 0 saturated carbocycles. The Morgan fingerprint density at radius 1 is 0.397 bits per heavy atom. The van der Waals surface area contributed by atoms with Crippen molar-refractivity contribution in [2.45, 2.75) is 151 Å². The lowest BCUT2D eigenvalue weighted by atomic mass is 9.90. The van der Waals surface area contributed by atoms with Gasteiger partial charge in [0, 0.05) is 179 Å². The summed E-state index contributed by atoms with van der Waals surface area (Å²) < 4.78 is 32.7. The van der Waals surface area contributed by atoms with Crippen LogP contribution in [0.2, 0.25) is 10.0 Å². The van der Waals surface area contributed by atoms with Crippen LogP contribution >= 0.6 is 23.2 Å². The third kappa shape index (κ3) is 30.6. The Balaban J connectivity index is 0.000000167. The summed E-state index contributed by atoms with van der Waals surface area (Å²) in [6.45, 7) is 17.3. The van der Waals surface area contributed by atoms with Crippen molar-refractivity contribution >= 4 is 76.9 Å². The van der Waals surface area contributed by atoms with Crippen LogP contribution in [0.4, 0.5) is 8.78 Å². The normalized spacial score (nSPS) is 20.9. The van der Waals surface area contributed by atoms with Crippen LogP contribution in [0.3, 0.4) is 0 Å². The van der Waals surface area contributed by atoms with Crippen molar-refractivity contribution in [1.29, 1.82) is 0 Å². The van der Waals surface area contributed by atoms with E-state index in [1.54, 1.807) is 42.5 Å². The third-order valence-electron chi connectivity index (χ3n) is 26.2. The van der Waals surface area contributed by atoms with Crippen LogP contribution in [0.25, 0.3) is 18.2 Å². The number of hydrogen-bond acceptors (Lipinski definition) is 13. The first-order valence-corrected chi connectivity index (χ1v) is 47.7. The summed E-state index contributed by atoms with van der Waals surface area (Å²) in [4.78, 5) is 93.8. The minimum atomic E-state index is -0.723. The fraction of sp³-hybridized carbons (Fsp3) is 0.389. The van der Waals surface area contributed by atoms with Crippen molar-refractivity contribution in [3.05, 3.63) is 339 Å². The molecule has 690 valence electrons. The summed E-state index contributed by atoms with van der Waals surface area (Å²) in [5.41, 5.74) is 9.09. The Bertz CT molecular complexity index is 4990. The van der Waals surface area contributed by atoms with Gasteiger partial charge in [0.05, 0.1) is 31.3 Å². The lowest BCUT2D eigenvalue weighted by molar-refractivity contribution is -0.133. The fourth-order valence-electron chi connectivity index (χ4n) is 18.6. The van der Waals surface area contributed by atoms with Crippen LogP contribution < -0.4 is 31.9 Å². The summed E-state index contributed by atoms with van der Waals surface area (Å²) in [6, 6.07) is 80.3. The Labute approximate surface area is 782 Å². The van der Waals surface area contributed by atoms with Gasteiger partial charge in [-0.3, -0.25) is 38.6 Å². The van der Waals surface area contributed by atoms with Crippen LogP contribution in [-0.2, 0) is 33.5 Å². The number of ether oxygens (including phenoxy) is 1. The highest BCUT2D eigenvalue weighted by molar-refractivity contribution is 6.30. The number of nitrogens with one attached hydrogen (secondary N) is 6. The maximum atomic E-state index is 14.2. The predicted octanol–water partition coefficient (Wildman–Crippen LogP) is 16.1. The summed E-state index contributed by atoms with van der Waals surface area (Å²) >= 11 is 11.9. The van der Waals surface area contributed by atoms with E-state index in [0.29, 0.717) is 100 Å². The second-order valence-electron chi connectivity index (χ2n) is 35.3. The molecule has 6 aliphatic rings. The molecule has 0 radical (unpaired) electrons. The number of carbonyl (C=O) groups is 6. The molecule has 19 nitrogen and oxygen atoms in total. The molecular weight excluding hydrogens is 1690 g/mol. The van der Waals surface area contributed by atoms with Gasteiger partial charge in [0.1, 0.15) is 11.6 Å². The fourth-order valence-corrected chi connectivity index (χ4v) is 18.9. The second kappa shape index (κ2) is 51.3. The van der Waals surface area contributed by atoms with E-state index in [1.807, 2.05) is 94.7 Å². The van der Waals surface area contributed by atoms with E-state index in [1.165, 1.54) is 89.8 Å². The lowest BCUT2D eigenvalue weighted by Gasteiger charge is -2.31. The topological polar surface area (TPSA) is 203 Å². The molecule has 6 aliphatic heterocycles. The van der Waals surface area contributed by atoms with Gasteiger partial charge in [0.25, 0.3) is 0 Å². The van der Waals surface area contributed by atoms with Gasteiger partial charge >= 0.3 is 0 Å². The number of benzene rings is 9. The van der Waals surface area contributed by atoms with Gasteiger partial charge in [-0.25, -0.2) is 8.78 Å². The van der Waals surface area contributed by atoms with Gasteiger partial charge in [-0.15, -0.1) is 0 Å². The van der Waals surface area contributed by atoms with Gasteiger partial charge in [-0.2, -0.15) is 0 Å². The molecular formula is C108H128Cl2F2N12O7. The van der Waals surface area contributed by atoms with Crippen molar-refractivity contribution < 1.29 is 42.3 Å². The zero-order valence-electron chi connectivity index (χ0n) is 75.5. The Morgan fingerprint density at radius 2 is 0.718 bits per heavy atom. The zero-order chi connectivity index (χ0) is 91.5. The molecule has 23 heteroatoms. The van der Waals surface area contributed by atoms with Crippen LogP contribution in [0, 0.1) is 11.6 Å². The minimum Gasteiger partial charge on any atom is -0.379 e. The molecule has 0 bridgehead atoms. The first kappa shape index (κ1) is 97.7. The first-order chi connectivity index (χ1) is 63.9. The Morgan fingerprint density at radius 3 is 1.05 bits per heavy atom. The van der Waals surface area contributed by atoms with Crippen LogP contribution in [-0.4, -0.2) is 231 Å². The van der Waals surface area contributed by atoms with Crippen LogP contribution in [0.1, 0.15) is 152 Å². The predicted molar refractivity (Wildman–Crippen MR) is 522 cm³/mol. The standard InChI is InChI=1S/C37H45ClN4O2.C36H42F2N4O2.C35H41ClN4O3/c1-27-13-14-28(2)42(27)24-22-35-37(44)41(26-34(30-9-5-3-6-10-30)31-11-7-4-8-12-31)23-21-33(40-35)25-39-36(43)20-17-29-15-18-32(38)19-16-29;37-30-16-14-29(33(38)24-30)15-17-35(43)39-25-31-18-23-42(36(44)34(40-31)19-22-41-20-8-3-9-21-41)26-32(27-10-4-1-5-11-27)28-12-6-2-7-13-28;36-30-14-11-27(12-15-30)13-16-34(41)37-25-31-17-20-40(35(42)33(38-31)18-19-39-21-23-43-24-22-39)26-32(28-7-3-1-4-8-28)29-9-5-2-6-10-29/h3-12,15-20,27-28,33-35,40H,13-14,21-26H2,1-2H3,(H,39,43);1-2,4-7,10-17,24,31-32,34,40H,3,8-9,18-23,25-26H2,(H,39,43);1-16,31-33,38H,17-26H2,(H,37,41)/b20-17+;17-15+;16-13+/t27?,28?,33-,35-;31-,34-;31-,33-/m000/s1. The van der Waals surface area contributed by atoms with E-state index < -0.39 is 11.6 Å². The monoisotopic (exact) mass is 1810 g/mol. The highest BCUT2D eigenvalue weighted by Crippen LogP contribution is 2.33. The van der Waals surface area contributed by atoms with Crippen molar-refractivity contribution in [1.82, 2.24) is 61.3 Å². The van der Waals surface area contributed by atoms with Gasteiger partial charge in [0.2, 0.25) is 35.4 Å². The number of rotatable bonds is 33. The number of likely N-dealkylation sites (tertiary alicyclic amines) is 2. The number of nitrogens with zero attached hydrogens (tertiary/aromatic N) is 6. The Hall–Kier alpha value is -10.8. The van der Waals surface area contributed by atoms with Crippen molar-refractivity contribution in [2.75, 3.05) is 118 Å². The zero-order valence-corrected chi connectivity index (χ0v) is 77.1. The van der Waals surface area contributed by atoms with Gasteiger partial charge in [0.15, 0.2) is 0 Å². The highest BCUT2D eigenvalue weighted by Gasteiger charge is 2.38. The van der Waals surface area contributed by atoms with E-state index >= 15 is 0 Å². The van der Waals surface area contributed by atoms with Crippen molar-refractivity contribution in [3.63, 3.8) is 0 Å². The van der Waals surface area contributed by atoms with Gasteiger partial charge in [-0.05, 0) is 190 Å². The highest BCUT2D eigenvalue weighted by atomic mass is 35.5. The van der Waals surface area contributed by atoms with Crippen molar-refractivity contribution in [2.24, 2.45) is 0 Å². The quantitative estimate of drug-likeness (QED) is 0.0212. The second-order valence-corrected chi connectivity index (χ2v) is 36.2. The van der Waals surface area contributed by atoms with Crippen LogP contribution in [0.5, 0.6) is 0 Å². The van der Waals surface area contributed by atoms with E-state index in [2.05, 4.69) is 187 Å². The summed E-state index contributed by atoms with van der Waals surface area (Å²) in [5, 5.41) is 21.2. The molecule has 8 atom stereocenters. The molecule has 2 unspecified atom stereocenters. The van der Waals surface area contributed by atoms with Crippen molar-refractivity contribution in [3.8, 4) is 0 Å². The minimum absolute atomic E-state index is 0.0119. The SMILES string of the molecule is CC1CCC(C)N1CC[C@@H]1N[C@H](CNC(=O)/C=C/c2ccc(Cl)cc2)CCN(CC(c2ccccc2)c2ccccc2)C1=O.O=C(/C=C/c1ccc(Cl)cc1)NC[C@@H]1CCN(CC(c2ccccc2)c2ccccc2)C(=O)[C@H](CCN2CCOCC2)N1.O=C(/C=C/c1ccc(F)cc1F)NC[C@@H]1CCN(CC(c2ccccc2)c2ccccc2)C(=O)[C@H](CCN2CCCCC2)N1. The molecule has 131 heavy (non-hydrogen) atoms. The van der Waals surface area contributed by atoms with E-state index in [9.17, 15) is 37.5 Å². The number of piperidine rings is 1. The number of hydrogen-bond donors (Lipinski definition) is 6. The smallest absolute Gasteiger partial charge is 0.244 e. The Kier molecular flexibility index (Phi) is 38.2. The molecule has 6 saturated heterocycles. The molecule has 6 N–H and O–H groups in total. The molecule has 6 amide bonds. The molecule has 0 spiro atoms. The number of halogens is 4. The average molecular weight is 1820 g/mol. The van der Waals surface area contributed by atoms with E-state index in [4.69, 9.17) is 27.9 Å². The molecule has 9 aromatic rings. The molecule has 15 rings (SSSR count). The van der Waals surface area contributed by atoms with Crippen LogP contribution in [0.15, 0.2) is 267 Å². The maximum absolute atomic E-state index is 14.2. The number of morpholine rings is 1. The van der Waals surface area contributed by atoms with E-state index in [0.717, 1.165) is 102 Å². The molecule has 6 fully saturated rings. The molecule has 0 aliphatic carbocycles. The molecule has 6 heterocycles. The number of amides is 6. The summed E-state index contributed by atoms with van der Waals surface area (Å²) in [5.74, 6) is -1.52. The summed E-state index contributed by atoms with van der Waals surface area (Å²) in [6.07, 6.45) is 19.6. The average Bonchev–Trinajstić information content (AvgIpc) is 1.75. The molecule has 0 aromatic heterocycles. The van der Waals surface area contributed by atoms with E-state index in [-0.39, 0.29) is 95.0 Å². The maximum Gasteiger partial charge on any atom is 0.244 e. The number of carbonyl (C=O) groups excluding carboxylic acids is 6. The largest absolute Gasteiger partial charge is 0.379 e. The summed E-state index contributed by atoms with van der Waals surface area (Å²) in [7, 11) is 0. The van der Waals surface area contributed by atoms with Gasteiger partial charge < -0.3 is 56.2 Å². The lowest BCUT2D eigenvalue weighted by Crippen LogP contribution is -2.50.